The summed E-state index contributed by atoms with van der Waals surface area (Å²) in [7, 11) is 0. The maximum atomic E-state index is 12.7. The quantitative estimate of drug-likeness (QED) is 0.730. The number of thiophene rings is 1. The summed E-state index contributed by atoms with van der Waals surface area (Å²) in [5.41, 5.74) is 1.12. The largest absolute Gasteiger partial charge is 0.462 e. The second kappa shape index (κ2) is 8.00. The van der Waals surface area contributed by atoms with E-state index in [2.05, 4.69) is 11.4 Å². The molecule has 0 bridgehead atoms. The fourth-order valence-corrected chi connectivity index (χ4v) is 4.93. The van der Waals surface area contributed by atoms with E-state index in [1.54, 1.807) is 6.92 Å². The average Bonchev–Trinajstić information content (AvgIpc) is 3.04. The van der Waals surface area contributed by atoms with Crippen LogP contribution in [0.15, 0.2) is 30.3 Å². The van der Waals surface area contributed by atoms with Crippen molar-refractivity contribution in [2.24, 2.45) is 5.41 Å². The van der Waals surface area contributed by atoms with E-state index in [1.165, 1.54) is 11.3 Å². The molecule has 0 spiro atoms. The number of hydrogen-bond donors (Lipinski definition) is 1. The van der Waals surface area contributed by atoms with Gasteiger partial charge in [-0.25, -0.2) is 4.79 Å². The van der Waals surface area contributed by atoms with Crippen molar-refractivity contribution in [2.75, 3.05) is 11.9 Å². The molecule has 6 heteroatoms. The lowest BCUT2D eigenvalue weighted by Gasteiger charge is -2.31. The normalized spacial score (nSPS) is 18.4. The highest BCUT2D eigenvalue weighted by atomic mass is 32.1. The van der Waals surface area contributed by atoms with Crippen LogP contribution in [0.1, 0.15) is 60.5 Å². The van der Waals surface area contributed by atoms with Gasteiger partial charge in [-0.05, 0) is 30.9 Å². The van der Waals surface area contributed by atoms with Gasteiger partial charge in [0.05, 0.1) is 23.7 Å². The third-order valence-corrected chi connectivity index (χ3v) is 6.43. The molecule has 1 amide bonds. The Morgan fingerprint density at radius 3 is 2.55 bits per heavy atom. The van der Waals surface area contributed by atoms with E-state index in [1.807, 2.05) is 51.1 Å². The number of nitrogens with one attached hydrogen (secondary N) is 1. The Morgan fingerprint density at radius 1 is 1.28 bits per heavy atom. The number of esters is 1. The molecular formula is C23H26N2O3S. The molecule has 1 atom stereocenters. The summed E-state index contributed by atoms with van der Waals surface area (Å²) < 4.78 is 5.27. The summed E-state index contributed by atoms with van der Waals surface area (Å²) in [5.74, 6) is -0.574. The summed E-state index contributed by atoms with van der Waals surface area (Å²) in [4.78, 5) is 26.2. The number of rotatable bonds is 4. The van der Waals surface area contributed by atoms with E-state index >= 15 is 0 Å². The van der Waals surface area contributed by atoms with Gasteiger partial charge in [-0.15, -0.1) is 11.3 Å². The number of fused-ring (bicyclic) bond motifs is 1. The Morgan fingerprint density at radius 2 is 1.97 bits per heavy atom. The molecule has 1 aromatic heterocycles. The van der Waals surface area contributed by atoms with Gasteiger partial charge in [-0.1, -0.05) is 51.1 Å². The lowest BCUT2D eigenvalue weighted by molar-refractivity contribution is -0.123. The number of hydrogen-bond acceptors (Lipinski definition) is 5. The number of nitrogens with zero attached hydrogens (tertiary/aromatic N) is 1. The van der Waals surface area contributed by atoms with Gasteiger partial charge in [0, 0.05) is 16.7 Å². The number of carbonyl (C=O) groups excluding carboxylic acids is 2. The van der Waals surface area contributed by atoms with Crippen molar-refractivity contribution in [1.29, 1.82) is 5.26 Å². The van der Waals surface area contributed by atoms with E-state index in [0.717, 1.165) is 16.0 Å². The molecule has 0 radical (unpaired) electrons. The number of benzene rings is 1. The SMILES string of the molecule is CCOC(=O)c1c(NC(=O)C(C)(C)C)sc2c1CC[C@](C#N)(c1ccccc1)C2. The fourth-order valence-electron chi connectivity index (χ4n) is 3.58. The lowest BCUT2D eigenvalue weighted by Crippen LogP contribution is -2.31. The van der Waals surface area contributed by atoms with Gasteiger partial charge < -0.3 is 10.1 Å². The second-order valence-corrected chi connectivity index (χ2v) is 9.47. The molecule has 1 N–H and O–H groups in total. The molecule has 1 aliphatic rings. The van der Waals surface area contributed by atoms with Crippen LogP contribution < -0.4 is 5.32 Å². The number of carbonyl (C=O) groups is 2. The predicted molar refractivity (Wildman–Crippen MR) is 114 cm³/mol. The van der Waals surface area contributed by atoms with Crippen molar-refractivity contribution in [1.82, 2.24) is 0 Å². The van der Waals surface area contributed by atoms with Crippen LogP contribution in [0.3, 0.4) is 0 Å². The molecule has 0 saturated heterocycles. The van der Waals surface area contributed by atoms with Gasteiger partial charge in [0.25, 0.3) is 0 Å². The Bertz CT molecular complexity index is 966. The highest BCUT2D eigenvalue weighted by Crippen LogP contribution is 2.45. The second-order valence-electron chi connectivity index (χ2n) is 8.37. The van der Waals surface area contributed by atoms with Crippen LogP contribution in [-0.4, -0.2) is 18.5 Å². The first-order valence-electron chi connectivity index (χ1n) is 9.81. The average molecular weight is 411 g/mol. The van der Waals surface area contributed by atoms with Gasteiger partial charge in [0.1, 0.15) is 5.00 Å². The molecular weight excluding hydrogens is 384 g/mol. The van der Waals surface area contributed by atoms with E-state index in [4.69, 9.17) is 4.74 Å². The number of nitriles is 1. The molecule has 0 unspecified atom stereocenters. The summed E-state index contributed by atoms with van der Waals surface area (Å²) in [5, 5.41) is 13.5. The third-order valence-electron chi connectivity index (χ3n) is 5.28. The van der Waals surface area contributed by atoms with Gasteiger partial charge in [-0.3, -0.25) is 4.79 Å². The zero-order valence-corrected chi connectivity index (χ0v) is 18.1. The van der Waals surface area contributed by atoms with Crippen LogP contribution in [0, 0.1) is 16.7 Å². The Hall–Kier alpha value is -2.65. The zero-order chi connectivity index (χ0) is 21.2. The molecule has 0 aliphatic heterocycles. The summed E-state index contributed by atoms with van der Waals surface area (Å²) in [6.45, 7) is 7.52. The monoisotopic (exact) mass is 410 g/mol. The summed E-state index contributed by atoms with van der Waals surface area (Å²) in [6.07, 6.45) is 1.73. The van der Waals surface area contributed by atoms with Crippen LogP contribution in [0.2, 0.25) is 0 Å². The van der Waals surface area contributed by atoms with Crippen LogP contribution in [0.5, 0.6) is 0 Å². The standard InChI is InChI=1S/C23H26N2O3S/c1-5-28-20(26)18-16-11-12-23(14-24,15-9-7-6-8-10-15)13-17(16)29-19(18)25-21(27)22(2,3)4/h6-10H,5,11-13H2,1-4H3,(H,25,27)/t23-/m0/s1. The van der Waals surface area contributed by atoms with Crippen LogP contribution in [-0.2, 0) is 27.8 Å². The first-order chi connectivity index (χ1) is 13.7. The molecule has 0 fully saturated rings. The van der Waals surface area contributed by atoms with E-state index < -0.39 is 16.8 Å². The van der Waals surface area contributed by atoms with Crippen molar-refractivity contribution in [2.45, 2.75) is 52.4 Å². The van der Waals surface area contributed by atoms with Gasteiger partial charge in [-0.2, -0.15) is 5.26 Å². The fraction of sp³-hybridized carbons (Fsp3) is 0.435. The Labute approximate surface area is 175 Å². The molecule has 2 aromatic rings. The maximum Gasteiger partial charge on any atom is 0.341 e. The van der Waals surface area contributed by atoms with Crippen molar-refractivity contribution in [3.63, 3.8) is 0 Å². The first kappa shape index (κ1) is 21.1. The topological polar surface area (TPSA) is 79.2 Å². The summed E-state index contributed by atoms with van der Waals surface area (Å²) in [6, 6.07) is 12.3. The van der Waals surface area contributed by atoms with Gasteiger partial charge >= 0.3 is 5.97 Å². The van der Waals surface area contributed by atoms with Crippen molar-refractivity contribution < 1.29 is 14.3 Å². The number of anilines is 1. The minimum Gasteiger partial charge on any atom is -0.462 e. The smallest absolute Gasteiger partial charge is 0.341 e. The highest BCUT2D eigenvalue weighted by molar-refractivity contribution is 7.17. The third kappa shape index (κ3) is 4.06. The molecule has 1 aliphatic carbocycles. The van der Waals surface area contributed by atoms with E-state index in [0.29, 0.717) is 29.8 Å². The van der Waals surface area contributed by atoms with Gasteiger partial charge in [0.2, 0.25) is 5.91 Å². The van der Waals surface area contributed by atoms with Crippen LogP contribution in [0.25, 0.3) is 0 Å². The molecule has 3 rings (SSSR count). The number of ether oxygens (including phenoxy) is 1. The van der Waals surface area contributed by atoms with Gasteiger partial charge in [0.15, 0.2) is 0 Å². The van der Waals surface area contributed by atoms with Crippen molar-refractivity contribution >= 4 is 28.2 Å². The lowest BCUT2D eigenvalue weighted by atomic mass is 9.70. The van der Waals surface area contributed by atoms with E-state index in [-0.39, 0.29) is 12.5 Å². The molecule has 152 valence electrons. The first-order valence-corrected chi connectivity index (χ1v) is 10.6. The molecule has 1 heterocycles. The minimum atomic E-state index is -0.629. The molecule has 0 saturated carbocycles. The maximum absolute atomic E-state index is 12.7. The highest BCUT2D eigenvalue weighted by Gasteiger charge is 2.40. The van der Waals surface area contributed by atoms with E-state index in [9.17, 15) is 14.9 Å². The minimum absolute atomic E-state index is 0.156. The van der Waals surface area contributed by atoms with Crippen molar-refractivity contribution in [3.8, 4) is 6.07 Å². The Kier molecular flexibility index (Phi) is 5.81. The van der Waals surface area contributed by atoms with Crippen molar-refractivity contribution in [3.05, 3.63) is 51.9 Å². The molecule has 29 heavy (non-hydrogen) atoms. The zero-order valence-electron chi connectivity index (χ0n) is 17.3. The van der Waals surface area contributed by atoms with Crippen LogP contribution in [0.4, 0.5) is 5.00 Å². The summed E-state index contributed by atoms with van der Waals surface area (Å²) >= 11 is 1.39. The van der Waals surface area contributed by atoms with Crippen LogP contribution >= 0.6 is 11.3 Å². The predicted octanol–water partition coefficient (Wildman–Crippen LogP) is 4.86. The Balaban J connectivity index is 2.04. The number of amides is 1. The molecule has 1 aromatic carbocycles. The molecule has 5 nitrogen and oxygen atoms in total.